The van der Waals surface area contributed by atoms with Crippen molar-refractivity contribution in [3.05, 3.63) is 106 Å². The van der Waals surface area contributed by atoms with Gasteiger partial charge < -0.3 is 20.1 Å². The zero-order valence-corrected chi connectivity index (χ0v) is 22.9. The van der Waals surface area contributed by atoms with Crippen molar-refractivity contribution in [2.24, 2.45) is 0 Å². The van der Waals surface area contributed by atoms with Crippen LogP contribution in [0.15, 0.2) is 83.8 Å². The highest BCUT2D eigenvalue weighted by Crippen LogP contribution is 2.30. The van der Waals surface area contributed by atoms with Gasteiger partial charge in [-0.2, -0.15) is 5.10 Å². The van der Waals surface area contributed by atoms with Gasteiger partial charge in [0.15, 0.2) is 0 Å². The predicted octanol–water partition coefficient (Wildman–Crippen LogP) is 5.59. The Bertz CT molecular complexity index is 1560. The summed E-state index contributed by atoms with van der Waals surface area (Å²) in [6, 6.07) is 21.6. The summed E-state index contributed by atoms with van der Waals surface area (Å²) in [7, 11) is 2.88. The van der Waals surface area contributed by atoms with Crippen LogP contribution in [0.25, 0.3) is 11.1 Å². The number of urea groups is 1. The van der Waals surface area contributed by atoms with Crippen molar-refractivity contribution in [2.45, 2.75) is 32.7 Å². The standard InChI is InChI=1S/C31H32N4O5/c1-20-7-5-6-8-26(20)33-31(38)34-27-14-13-24(18-28(27)39-3)25-15-16-32-35(30(25)37)19-22-9-11-23(12-10-22)21(2)17-29(36)40-4/h5-16,18,21H,17,19H2,1-4H3,(H2,33,34,38)/t21-/m1/s1. The Morgan fingerprint density at radius 1 is 0.950 bits per heavy atom. The second-order valence-corrected chi connectivity index (χ2v) is 9.44. The average molecular weight is 541 g/mol. The number of anilines is 2. The zero-order valence-electron chi connectivity index (χ0n) is 22.9. The first kappa shape index (κ1) is 28.1. The number of benzene rings is 3. The third-order valence-electron chi connectivity index (χ3n) is 6.65. The third-order valence-corrected chi connectivity index (χ3v) is 6.65. The maximum atomic E-state index is 13.3. The van der Waals surface area contributed by atoms with E-state index in [0.717, 1.165) is 16.7 Å². The first-order valence-electron chi connectivity index (χ1n) is 12.8. The number of carbonyl (C=O) groups is 2. The van der Waals surface area contributed by atoms with E-state index in [0.29, 0.717) is 34.7 Å². The van der Waals surface area contributed by atoms with Crippen LogP contribution in [-0.2, 0) is 16.1 Å². The molecule has 1 atom stereocenters. The van der Waals surface area contributed by atoms with Crippen molar-refractivity contribution in [1.29, 1.82) is 0 Å². The number of carbonyl (C=O) groups excluding carboxylic acids is 2. The molecule has 4 aromatic rings. The number of para-hydroxylation sites is 1. The van der Waals surface area contributed by atoms with E-state index in [9.17, 15) is 14.4 Å². The van der Waals surface area contributed by atoms with Gasteiger partial charge in [0.2, 0.25) is 0 Å². The van der Waals surface area contributed by atoms with Crippen molar-refractivity contribution in [2.75, 3.05) is 24.9 Å². The SMILES string of the molecule is COC(=O)C[C@@H](C)c1ccc(Cn2nccc(-c3ccc(NC(=O)Nc4ccccc4C)c(OC)c3)c2=O)cc1. The molecule has 0 bridgehead atoms. The Labute approximate surface area is 232 Å². The number of nitrogens with zero attached hydrogens (tertiary/aromatic N) is 2. The van der Waals surface area contributed by atoms with Gasteiger partial charge in [-0.15, -0.1) is 0 Å². The molecule has 0 saturated heterocycles. The molecule has 0 aliphatic heterocycles. The molecule has 0 aliphatic carbocycles. The summed E-state index contributed by atoms with van der Waals surface area (Å²) in [6.45, 7) is 4.16. The lowest BCUT2D eigenvalue weighted by Crippen LogP contribution is -2.24. The van der Waals surface area contributed by atoms with Gasteiger partial charge in [0.05, 0.1) is 38.4 Å². The fourth-order valence-electron chi connectivity index (χ4n) is 4.31. The Morgan fingerprint density at radius 2 is 1.68 bits per heavy atom. The molecule has 4 rings (SSSR count). The number of rotatable bonds is 9. The van der Waals surface area contributed by atoms with Crippen LogP contribution in [-0.4, -0.2) is 36.0 Å². The second-order valence-electron chi connectivity index (χ2n) is 9.44. The summed E-state index contributed by atoms with van der Waals surface area (Å²) >= 11 is 0. The molecule has 9 heteroatoms. The molecule has 206 valence electrons. The van der Waals surface area contributed by atoms with Gasteiger partial charge in [-0.3, -0.25) is 9.59 Å². The van der Waals surface area contributed by atoms with Gasteiger partial charge in [-0.25, -0.2) is 9.48 Å². The normalized spacial score (nSPS) is 11.4. The highest BCUT2D eigenvalue weighted by atomic mass is 16.5. The van der Waals surface area contributed by atoms with Gasteiger partial charge in [-0.05, 0) is 59.4 Å². The molecule has 2 N–H and O–H groups in total. The maximum Gasteiger partial charge on any atom is 0.323 e. The lowest BCUT2D eigenvalue weighted by atomic mass is 9.97. The van der Waals surface area contributed by atoms with Crippen LogP contribution in [0.1, 0.15) is 36.0 Å². The molecule has 0 unspecified atom stereocenters. The number of nitrogens with one attached hydrogen (secondary N) is 2. The fourth-order valence-corrected chi connectivity index (χ4v) is 4.31. The number of hydrogen-bond donors (Lipinski definition) is 2. The van der Waals surface area contributed by atoms with Gasteiger partial charge in [-0.1, -0.05) is 55.5 Å². The van der Waals surface area contributed by atoms with Gasteiger partial charge >= 0.3 is 12.0 Å². The van der Waals surface area contributed by atoms with E-state index in [1.165, 1.54) is 18.9 Å². The molecular weight excluding hydrogens is 508 g/mol. The minimum atomic E-state index is -0.405. The number of amides is 2. The van der Waals surface area contributed by atoms with Crippen LogP contribution < -0.4 is 20.9 Å². The van der Waals surface area contributed by atoms with Crippen molar-refractivity contribution in [3.63, 3.8) is 0 Å². The highest BCUT2D eigenvalue weighted by molar-refractivity contribution is 6.01. The Kier molecular flexibility index (Phi) is 8.96. The summed E-state index contributed by atoms with van der Waals surface area (Å²) in [6.07, 6.45) is 1.88. The van der Waals surface area contributed by atoms with E-state index < -0.39 is 6.03 Å². The first-order chi connectivity index (χ1) is 19.3. The van der Waals surface area contributed by atoms with Crippen molar-refractivity contribution < 1.29 is 19.1 Å². The molecule has 1 aromatic heterocycles. The minimum Gasteiger partial charge on any atom is -0.495 e. The number of aryl methyl sites for hydroxylation is 1. The summed E-state index contributed by atoms with van der Waals surface area (Å²) in [5.41, 5.74) is 4.85. The largest absolute Gasteiger partial charge is 0.495 e. The number of aromatic nitrogens is 2. The lowest BCUT2D eigenvalue weighted by Gasteiger charge is -2.14. The van der Waals surface area contributed by atoms with E-state index >= 15 is 0 Å². The predicted molar refractivity (Wildman–Crippen MR) is 155 cm³/mol. The molecule has 0 aliphatic rings. The van der Waals surface area contributed by atoms with Gasteiger partial charge in [0.25, 0.3) is 5.56 Å². The van der Waals surface area contributed by atoms with E-state index in [1.807, 2.05) is 62.4 Å². The molecule has 9 nitrogen and oxygen atoms in total. The molecule has 1 heterocycles. The molecule has 40 heavy (non-hydrogen) atoms. The topological polar surface area (TPSA) is 112 Å². The third kappa shape index (κ3) is 6.74. The molecule has 3 aromatic carbocycles. The number of ether oxygens (including phenoxy) is 2. The van der Waals surface area contributed by atoms with Gasteiger partial charge in [0.1, 0.15) is 5.75 Å². The number of hydrogen-bond acceptors (Lipinski definition) is 6. The smallest absolute Gasteiger partial charge is 0.323 e. The van der Waals surface area contributed by atoms with E-state index in [2.05, 4.69) is 15.7 Å². The molecule has 0 saturated carbocycles. The fraction of sp³-hybridized carbons (Fsp3) is 0.226. The van der Waals surface area contributed by atoms with Crippen LogP contribution in [0.2, 0.25) is 0 Å². The van der Waals surface area contributed by atoms with Crippen molar-refractivity contribution in [1.82, 2.24) is 9.78 Å². The Balaban J connectivity index is 1.50. The van der Waals surface area contributed by atoms with E-state index in [4.69, 9.17) is 9.47 Å². The number of methoxy groups -OCH3 is 2. The average Bonchev–Trinajstić information content (AvgIpc) is 2.96. The van der Waals surface area contributed by atoms with Crippen LogP contribution in [0.3, 0.4) is 0 Å². The summed E-state index contributed by atoms with van der Waals surface area (Å²) in [4.78, 5) is 37.5. The quantitative estimate of drug-likeness (QED) is 0.268. The monoisotopic (exact) mass is 540 g/mol. The molecular formula is C31H32N4O5. The highest BCUT2D eigenvalue weighted by Gasteiger charge is 2.14. The van der Waals surface area contributed by atoms with Crippen molar-refractivity contribution >= 4 is 23.4 Å². The summed E-state index contributed by atoms with van der Waals surface area (Å²) in [5, 5.41) is 9.89. The van der Waals surface area contributed by atoms with Gasteiger partial charge in [0, 0.05) is 11.9 Å². The maximum absolute atomic E-state index is 13.3. The molecule has 0 fully saturated rings. The number of esters is 1. The van der Waals surface area contributed by atoms with Crippen LogP contribution in [0.4, 0.5) is 16.2 Å². The Hall–Kier alpha value is -4.92. The second kappa shape index (κ2) is 12.8. The molecule has 0 radical (unpaired) electrons. The molecule has 0 spiro atoms. The van der Waals surface area contributed by atoms with Crippen LogP contribution in [0, 0.1) is 6.92 Å². The van der Waals surface area contributed by atoms with Crippen LogP contribution in [0.5, 0.6) is 5.75 Å². The summed E-state index contributed by atoms with van der Waals surface area (Å²) in [5.74, 6) is 0.179. The van der Waals surface area contributed by atoms with E-state index in [-0.39, 0.29) is 24.0 Å². The molecule has 2 amide bonds. The first-order valence-corrected chi connectivity index (χ1v) is 12.8. The van der Waals surface area contributed by atoms with E-state index in [1.54, 1.807) is 30.5 Å². The zero-order chi connectivity index (χ0) is 28.6. The summed E-state index contributed by atoms with van der Waals surface area (Å²) < 4.78 is 11.7. The van der Waals surface area contributed by atoms with Crippen LogP contribution >= 0.6 is 0 Å². The lowest BCUT2D eigenvalue weighted by molar-refractivity contribution is -0.140. The van der Waals surface area contributed by atoms with Crippen molar-refractivity contribution in [3.8, 4) is 16.9 Å². The Morgan fingerprint density at radius 3 is 2.38 bits per heavy atom. The minimum absolute atomic E-state index is 0.0200.